The molecule has 2 heterocycles. The fraction of sp³-hybridized carbons (Fsp3) is 0.143. The van der Waals surface area contributed by atoms with Crippen LogP contribution in [0.25, 0.3) is 22.3 Å². The van der Waals surface area contributed by atoms with E-state index in [0.717, 1.165) is 22.3 Å². The summed E-state index contributed by atoms with van der Waals surface area (Å²) in [6, 6.07) is 9.07. The first-order chi connectivity index (χ1) is 9.60. The number of aromatic nitrogens is 2. The van der Waals surface area contributed by atoms with Gasteiger partial charge in [-0.2, -0.15) is 0 Å². The zero-order valence-electron chi connectivity index (χ0n) is 11.0. The molecule has 0 amide bonds. The van der Waals surface area contributed by atoms with E-state index in [9.17, 15) is 4.79 Å². The number of carboxylic acid groups (broad SMARTS) is 1. The van der Waals surface area contributed by atoms with Crippen LogP contribution in [0.2, 0.25) is 0 Å². The minimum atomic E-state index is -1.14. The summed E-state index contributed by atoms with van der Waals surface area (Å²) in [5, 5.41) is 13.7. The summed E-state index contributed by atoms with van der Waals surface area (Å²) in [5.41, 5.74) is 2.24. The summed E-state index contributed by atoms with van der Waals surface area (Å²) in [7, 11) is 3.49. The van der Waals surface area contributed by atoms with E-state index >= 15 is 0 Å². The van der Waals surface area contributed by atoms with Crippen molar-refractivity contribution in [1.29, 1.82) is 0 Å². The minimum absolute atomic E-state index is 0.178. The Morgan fingerprint density at radius 1 is 1.35 bits per heavy atom. The Hall–Kier alpha value is -2.76. The van der Waals surface area contributed by atoms with Gasteiger partial charge in [0.1, 0.15) is 11.4 Å². The summed E-state index contributed by atoms with van der Waals surface area (Å²) >= 11 is 0. The molecule has 2 aromatic heterocycles. The van der Waals surface area contributed by atoms with Gasteiger partial charge in [0.05, 0.1) is 18.3 Å². The summed E-state index contributed by atoms with van der Waals surface area (Å²) in [5.74, 6) is -0.552. The smallest absolute Gasteiger partial charge is 0.374 e. The second-order valence-corrected chi connectivity index (χ2v) is 4.39. The third-order valence-electron chi connectivity index (χ3n) is 3.24. The maximum atomic E-state index is 10.8. The fourth-order valence-corrected chi connectivity index (χ4v) is 2.18. The molecule has 0 radical (unpaired) electrons. The number of benzene rings is 1. The molecular formula is C14H12N2O4. The van der Waals surface area contributed by atoms with E-state index in [1.165, 1.54) is 6.07 Å². The monoisotopic (exact) mass is 272 g/mol. The molecule has 0 bridgehead atoms. The van der Waals surface area contributed by atoms with Gasteiger partial charge < -0.3 is 18.9 Å². The molecule has 6 nitrogen and oxygen atoms in total. The number of rotatable bonds is 3. The molecule has 0 aliphatic heterocycles. The van der Waals surface area contributed by atoms with E-state index in [1.54, 1.807) is 7.11 Å². The van der Waals surface area contributed by atoms with Gasteiger partial charge in [-0.05, 0) is 18.2 Å². The number of carbonyl (C=O) groups is 1. The predicted molar refractivity (Wildman–Crippen MR) is 71.9 cm³/mol. The molecule has 1 N–H and O–H groups in total. The number of carboxylic acids is 1. The Kier molecular flexibility index (Phi) is 2.71. The van der Waals surface area contributed by atoms with E-state index in [-0.39, 0.29) is 5.76 Å². The lowest BCUT2D eigenvalue weighted by Gasteiger charge is -2.02. The molecule has 0 aliphatic carbocycles. The van der Waals surface area contributed by atoms with Crippen molar-refractivity contribution in [2.75, 3.05) is 7.11 Å². The molecular weight excluding hydrogens is 260 g/mol. The molecule has 0 saturated heterocycles. The Bertz CT molecular complexity index is 801. The van der Waals surface area contributed by atoms with Crippen molar-refractivity contribution in [3.8, 4) is 17.1 Å². The zero-order chi connectivity index (χ0) is 14.3. The van der Waals surface area contributed by atoms with Crippen LogP contribution < -0.4 is 4.74 Å². The first-order valence-corrected chi connectivity index (χ1v) is 5.94. The predicted octanol–water partition coefficient (Wildman–Crippen LogP) is 2.54. The molecule has 0 atom stereocenters. The van der Waals surface area contributed by atoms with Gasteiger partial charge in [0.15, 0.2) is 0 Å². The second-order valence-electron chi connectivity index (χ2n) is 4.39. The Balaban J connectivity index is 2.15. The van der Waals surface area contributed by atoms with Gasteiger partial charge in [-0.15, -0.1) is 0 Å². The van der Waals surface area contributed by atoms with Crippen molar-refractivity contribution in [2.24, 2.45) is 7.05 Å². The summed E-state index contributed by atoms with van der Waals surface area (Å²) in [6.45, 7) is 0. The SMILES string of the molecule is COc1ccc2cc(-c3cc(C(=O)O)on3)n(C)c2c1. The Labute approximate surface area is 114 Å². The summed E-state index contributed by atoms with van der Waals surface area (Å²) < 4.78 is 11.9. The summed E-state index contributed by atoms with van der Waals surface area (Å²) in [6.07, 6.45) is 0. The highest BCUT2D eigenvalue weighted by atomic mass is 16.5. The van der Waals surface area contributed by atoms with E-state index in [1.807, 2.05) is 35.9 Å². The van der Waals surface area contributed by atoms with Crippen LogP contribution in [0.4, 0.5) is 0 Å². The summed E-state index contributed by atoms with van der Waals surface area (Å²) in [4.78, 5) is 10.8. The van der Waals surface area contributed by atoms with Crippen molar-refractivity contribution in [1.82, 2.24) is 9.72 Å². The molecule has 20 heavy (non-hydrogen) atoms. The average Bonchev–Trinajstić information content (AvgIpc) is 3.04. The first-order valence-electron chi connectivity index (χ1n) is 5.94. The molecule has 1 aromatic carbocycles. The van der Waals surface area contributed by atoms with Crippen LogP contribution in [0.3, 0.4) is 0 Å². The van der Waals surface area contributed by atoms with Gasteiger partial charge in [0.25, 0.3) is 0 Å². The number of hydrogen-bond donors (Lipinski definition) is 1. The van der Waals surface area contributed by atoms with Crippen molar-refractivity contribution in [3.05, 3.63) is 36.1 Å². The topological polar surface area (TPSA) is 77.5 Å². The van der Waals surface area contributed by atoms with Crippen LogP contribution in [0.15, 0.2) is 34.9 Å². The largest absolute Gasteiger partial charge is 0.497 e. The molecule has 0 spiro atoms. The highest BCUT2D eigenvalue weighted by Gasteiger charge is 2.16. The number of aryl methyl sites for hydroxylation is 1. The average molecular weight is 272 g/mol. The zero-order valence-corrected chi connectivity index (χ0v) is 11.0. The quantitative estimate of drug-likeness (QED) is 0.792. The van der Waals surface area contributed by atoms with Crippen LogP contribution >= 0.6 is 0 Å². The molecule has 0 saturated carbocycles. The molecule has 102 valence electrons. The number of aromatic carboxylic acids is 1. The number of fused-ring (bicyclic) bond motifs is 1. The number of hydrogen-bond acceptors (Lipinski definition) is 4. The van der Waals surface area contributed by atoms with Crippen molar-refractivity contribution >= 4 is 16.9 Å². The lowest BCUT2D eigenvalue weighted by molar-refractivity contribution is 0.0652. The molecule has 6 heteroatoms. The van der Waals surface area contributed by atoms with Crippen LogP contribution in [-0.4, -0.2) is 27.9 Å². The highest BCUT2D eigenvalue weighted by Crippen LogP contribution is 2.29. The van der Waals surface area contributed by atoms with Gasteiger partial charge in [0.2, 0.25) is 5.76 Å². The van der Waals surface area contributed by atoms with Gasteiger partial charge in [-0.25, -0.2) is 4.79 Å². The molecule has 3 aromatic rings. The number of nitrogens with zero attached hydrogens (tertiary/aromatic N) is 2. The van der Waals surface area contributed by atoms with Crippen LogP contribution in [-0.2, 0) is 7.05 Å². The minimum Gasteiger partial charge on any atom is -0.497 e. The van der Waals surface area contributed by atoms with Crippen molar-refractivity contribution < 1.29 is 19.2 Å². The van der Waals surface area contributed by atoms with Crippen molar-refractivity contribution in [3.63, 3.8) is 0 Å². The van der Waals surface area contributed by atoms with E-state index in [0.29, 0.717) is 5.69 Å². The van der Waals surface area contributed by atoms with Gasteiger partial charge in [0, 0.05) is 24.6 Å². The number of methoxy groups -OCH3 is 1. The van der Waals surface area contributed by atoms with Gasteiger partial charge in [-0.1, -0.05) is 5.16 Å². The Morgan fingerprint density at radius 2 is 2.15 bits per heavy atom. The standard InChI is InChI=1S/C14H12N2O4/c1-16-11-6-9(19-2)4-3-8(11)5-12(16)10-7-13(14(17)18)20-15-10/h3-7H,1-2H3,(H,17,18). The lowest BCUT2D eigenvalue weighted by Crippen LogP contribution is -1.93. The number of ether oxygens (including phenoxy) is 1. The lowest BCUT2D eigenvalue weighted by atomic mass is 10.2. The van der Waals surface area contributed by atoms with E-state index < -0.39 is 5.97 Å². The Morgan fingerprint density at radius 3 is 2.80 bits per heavy atom. The van der Waals surface area contributed by atoms with Crippen LogP contribution in [0, 0.1) is 0 Å². The molecule has 0 fully saturated rings. The normalized spacial score (nSPS) is 10.9. The second kappa shape index (κ2) is 4.41. The van der Waals surface area contributed by atoms with Crippen LogP contribution in [0.5, 0.6) is 5.75 Å². The molecule has 3 rings (SSSR count). The first kappa shape index (κ1) is 12.3. The van der Waals surface area contributed by atoms with E-state index in [2.05, 4.69) is 5.16 Å². The highest BCUT2D eigenvalue weighted by molar-refractivity contribution is 5.89. The maximum Gasteiger partial charge on any atom is 0.374 e. The van der Waals surface area contributed by atoms with Crippen LogP contribution in [0.1, 0.15) is 10.6 Å². The maximum absolute atomic E-state index is 10.8. The molecule has 0 aliphatic rings. The third-order valence-corrected chi connectivity index (χ3v) is 3.24. The molecule has 0 unspecified atom stereocenters. The fourth-order valence-electron chi connectivity index (χ4n) is 2.18. The van der Waals surface area contributed by atoms with Crippen molar-refractivity contribution in [2.45, 2.75) is 0 Å². The van der Waals surface area contributed by atoms with E-state index in [4.69, 9.17) is 14.4 Å². The third kappa shape index (κ3) is 1.82. The van der Waals surface area contributed by atoms with Gasteiger partial charge in [-0.3, -0.25) is 0 Å². The van der Waals surface area contributed by atoms with Gasteiger partial charge >= 0.3 is 5.97 Å².